The second-order valence-corrected chi connectivity index (χ2v) is 7.17. The quantitative estimate of drug-likeness (QED) is 0.421. The molecule has 0 spiro atoms. The van der Waals surface area contributed by atoms with Crippen LogP contribution < -0.4 is 5.69 Å². The van der Waals surface area contributed by atoms with Crippen LogP contribution in [-0.4, -0.2) is 24.9 Å². The first kappa shape index (κ1) is 19.8. The molecule has 0 saturated carbocycles. The minimum absolute atomic E-state index is 0.0146. The fourth-order valence-corrected chi connectivity index (χ4v) is 3.39. The lowest BCUT2D eigenvalue weighted by Crippen LogP contribution is -2.15. The van der Waals surface area contributed by atoms with Crippen LogP contribution in [0.3, 0.4) is 0 Å². The van der Waals surface area contributed by atoms with Crippen LogP contribution >= 0.6 is 11.6 Å². The van der Waals surface area contributed by atoms with Crippen molar-refractivity contribution in [3.63, 3.8) is 0 Å². The molecule has 0 radical (unpaired) electrons. The summed E-state index contributed by atoms with van der Waals surface area (Å²) >= 11 is 6.06. The predicted molar refractivity (Wildman–Crippen MR) is 113 cm³/mol. The Hall–Kier alpha value is -4.11. The molecule has 0 atom stereocenters. The normalized spacial score (nSPS) is 11.1. The van der Waals surface area contributed by atoms with E-state index >= 15 is 0 Å². The second kappa shape index (κ2) is 7.86. The van der Waals surface area contributed by atoms with Crippen molar-refractivity contribution in [3.8, 4) is 39.9 Å². The summed E-state index contributed by atoms with van der Waals surface area (Å²) in [6.07, 6.45) is 0. The maximum absolute atomic E-state index is 14.2. The Kier molecular flexibility index (Phi) is 4.87. The molecule has 2 aromatic heterocycles. The molecule has 0 aliphatic rings. The van der Waals surface area contributed by atoms with Crippen molar-refractivity contribution in [3.05, 3.63) is 93.9 Å². The summed E-state index contributed by atoms with van der Waals surface area (Å²) < 4.78 is 33.7. The van der Waals surface area contributed by atoms with Crippen molar-refractivity contribution in [1.29, 1.82) is 0 Å². The summed E-state index contributed by atoms with van der Waals surface area (Å²) in [6, 6.07) is 16.5. The zero-order valence-corrected chi connectivity index (χ0v) is 16.8. The van der Waals surface area contributed by atoms with Crippen LogP contribution in [0, 0.1) is 11.6 Å². The highest BCUT2D eigenvalue weighted by atomic mass is 35.5. The largest absolute Gasteiger partial charge is 0.348 e. The van der Waals surface area contributed by atoms with E-state index in [4.69, 9.17) is 16.1 Å². The van der Waals surface area contributed by atoms with Gasteiger partial charge in [0.1, 0.15) is 11.6 Å². The fraction of sp³-hybridized carbons (Fsp3) is 0. The van der Waals surface area contributed by atoms with Crippen molar-refractivity contribution >= 4 is 11.6 Å². The van der Waals surface area contributed by atoms with E-state index in [0.717, 1.165) is 4.68 Å². The molecule has 32 heavy (non-hydrogen) atoms. The molecule has 0 amide bonds. The first-order valence-corrected chi connectivity index (χ1v) is 9.71. The minimum Gasteiger partial charge on any atom is -0.334 e. The van der Waals surface area contributed by atoms with E-state index in [9.17, 15) is 13.6 Å². The van der Waals surface area contributed by atoms with Gasteiger partial charge in [-0.2, -0.15) is 9.67 Å². The topological polar surface area (TPSA) is 89.6 Å². The molecule has 0 aliphatic carbocycles. The molecule has 0 saturated heterocycles. The number of H-pyrrole nitrogens is 1. The number of halogens is 3. The Morgan fingerprint density at radius 3 is 2.38 bits per heavy atom. The molecule has 0 bridgehead atoms. The molecule has 158 valence electrons. The zero-order chi connectivity index (χ0) is 22.2. The Bertz CT molecular complexity index is 1450. The van der Waals surface area contributed by atoms with E-state index in [-0.39, 0.29) is 28.1 Å². The number of hydrogen-bond donors (Lipinski definition) is 1. The maximum Gasteiger partial charge on any atom is 0.348 e. The van der Waals surface area contributed by atoms with Gasteiger partial charge < -0.3 is 4.52 Å². The van der Waals surface area contributed by atoms with Crippen LogP contribution in [0.4, 0.5) is 8.78 Å². The number of aromatic amines is 1. The fourth-order valence-electron chi connectivity index (χ4n) is 3.14. The molecule has 3 aromatic carbocycles. The standard InChI is InChI=1S/C22H12ClF2N5O2/c23-16-2-1-3-17(25)18(16)20-27-22(31)30(28-20)15-10-6-13(7-11-15)21-26-19(29-32-21)12-4-8-14(24)9-5-12/h1-11H,(H,27,28,31). The summed E-state index contributed by atoms with van der Waals surface area (Å²) in [7, 11) is 0. The molecule has 0 fully saturated rings. The van der Waals surface area contributed by atoms with Crippen molar-refractivity contribution in [1.82, 2.24) is 24.9 Å². The van der Waals surface area contributed by atoms with Crippen molar-refractivity contribution in [2.45, 2.75) is 0 Å². The minimum atomic E-state index is -0.595. The van der Waals surface area contributed by atoms with Gasteiger partial charge in [-0.1, -0.05) is 22.8 Å². The molecule has 5 rings (SSSR count). The first-order chi connectivity index (χ1) is 15.5. The van der Waals surface area contributed by atoms with Crippen molar-refractivity contribution in [2.75, 3.05) is 0 Å². The molecule has 2 heterocycles. The monoisotopic (exact) mass is 451 g/mol. The number of nitrogens with zero attached hydrogens (tertiary/aromatic N) is 4. The number of rotatable bonds is 4. The smallest absolute Gasteiger partial charge is 0.334 e. The molecule has 10 heteroatoms. The van der Waals surface area contributed by atoms with Gasteiger partial charge in [0.05, 0.1) is 16.3 Å². The first-order valence-electron chi connectivity index (χ1n) is 9.34. The highest BCUT2D eigenvalue weighted by Gasteiger charge is 2.16. The third-order valence-corrected chi connectivity index (χ3v) is 5.02. The molecule has 7 nitrogen and oxygen atoms in total. The van der Waals surface area contributed by atoms with Gasteiger partial charge in [0, 0.05) is 11.1 Å². The summed E-state index contributed by atoms with van der Waals surface area (Å²) in [6.45, 7) is 0. The highest BCUT2D eigenvalue weighted by Crippen LogP contribution is 2.28. The lowest BCUT2D eigenvalue weighted by molar-refractivity contribution is 0.432. The van der Waals surface area contributed by atoms with Gasteiger partial charge in [-0.15, -0.1) is 5.10 Å². The second-order valence-electron chi connectivity index (χ2n) is 6.76. The number of benzene rings is 3. The Balaban J connectivity index is 1.44. The summed E-state index contributed by atoms with van der Waals surface area (Å²) in [5, 5.41) is 8.21. The Morgan fingerprint density at radius 2 is 1.66 bits per heavy atom. The Morgan fingerprint density at radius 1 is 0.938 bits per heavy atom. The van der Waals surface area contributed by atoms with E-state index in [2.05, 4.69) is 20.2 Å². The third kappa shape index (κ3) is 3.58. The van der Waals surface area contributed by atoms with Gasteiger partial charge >= 0.3 is 5.69 Å². The maximum atomic E-state index is 14.2. The summed E-state index contributed by atoms with van der Waals surface area (Å²) in [5.41, 5.74) is 1.12. The molecule has 0 aliphatic heterocycles. The van der Waals surface area contributed by atoms with Crippen LogP contribution in [0.25, 0.3) is 39.9 Å². The summed E-state index contributed by atoms with van der Waals surface area (Å²) in [5.74, 6) is -0.365. The van der Waals surface area contributed by atoms with E-state index in [1.165, 1.54) is 30.3 Å². The highest BCUT2D eigenvalue weighted by molar-refractivity contribution is 6.33. The lowest BCUT2D eigenvalue weighted by atomic mass is 10.2. The molecular formula is C22H12ClF2N5O2. The number of nitrogens with one attached hydrogen (secondary N) is 1. The summed E-state index contributed by atoms with van der Waals surface area (Å²) in [4.78, 5) is 19.2. The van der Waals surface area contributed by atoms with Crippen LogP contribution in [0.2, 0.25) is 5.02 Å². The van der Waals surface area contributed by atoms with Gasteiger partial charge in [0.25, 0.3) is 5.89 Å². The van der Waals surface area contributed by atoms with Gasteiger partial charge in [-0.05, 0) is 60.7 Å². The molecule has 1 N–H and O–H groups in total. The molecular weight excluding hydrogens is 440 g/mol. The number of hydrogen-bond acceptors (Lipinski definition) is 5. The average molecular weight is 452 g/mol. The van der Waals surface area contributed by atoms with Crippen LogP contribution in [0.5, 0.6) is 0 Å². The average Bonchev–Trinajstić information content (AvgIpc) is 3.42. The van der Waals surface area contributed by atoms with E-state index in [1.54, 1.807) is 36.4 Å². The number of aromatic nitrogens is 5. The predicted octanol–water partition coefficient (Wildman–Crippen LogP) is 4.88. The van der Waals surface area contributed by atoms with Gasteiger partial charge in [-0.3, -0.25) is 4.98 Å². The van der Waals surface area contributed by atoms with Crippen LogP contribution in [0.1, 0.15) is 0 Å². The van der Waals surface area contributed by atoms with Crippen molar-refractivity contribution in [2.24, 2.45) is 0 Å². The van der Waals surface area contributed by atoms with E-state index < -0.39 is 11.5 Å². The lowest BCUT2D eigenvalue weighted by Gasteiger charge is -2.02. The molecule has 5 aromatic rings. The van der Waals surface area contributed by atoms with Crippen LogP contribution in [-0.2, 0) is 0 Å². The van der Waals surface area contributed by atoms with Gasteiger partial charge in [0.2, 0.25) is 5.82 Å². The van der Waals surface area contributed by atoms with E-state index in [1.807, 2.05) is 0 Å². The van der Waals surface area contributed by atoms with Crippen LogP contribution in [0.15, 0.2) is 76.0 Å². The molecule has 0 unspecified atom stereocenters. The zero-order valence-electron chi connectivity index (χ0n) is 16.1. The van der Waals surface area contributed by atoms with E-state index in [0.29, 0.717) is 22.6 Å². The SMILES string of the molecule is O=c1[nH]c(-c2c(F)cccc2Cl)nn1-c1ccc(-c2nc(-c3ccc(F)cc3)no2)cc1. The third-order valence-electron chi connectivity index (χ3n) is 4.70. The van der Waals surface area contributed by atoms with Gasteiger partial charge in [0.15, 0.2) is 5.82 Å². The van der Waals surface area contributed by atoms with Crippen molar-refractivity contribution < 1.29 is 13.3 Å². The van der Waals surface area contributed by atoms with Gasteiger partial charge in [-0.25, -0.2) is 13.6 Å². The Labute approximate surface area is 183 Å².